The average Bonchev–Trinajstić information content (AvgIpc) is 2.84. The molecule has 8 nitrogen and oxygen atoms in total. The van der Waals surface area contributed by atoms with Gasteiger partial charge in [0.2, 0.25) is 11.8 Å². The molecule has 0 radical (unpaired) electrons. The van der Waals surface area contributed by atoms with Crippen LogP contribution in [0.5, 0.6) is 0 Å². The fourth-order valence-corrected chi connectivity index (χ4v) is 6.02. The summed E-state index contributed by atoms with van der Waals surface area (Å²) in [5, 5.41) is 4.57. The Hall–Kier alpha value is -3.64. The molecule has 0 aliphatic carbocycles. The van der Waals surface area contributed by atoms with E-state index in [0.717, 1.165) is 15.9 Å². The number of pyridine rings is 1. The number of nitrogens with zero attached hydrogens (tertiary/aromatic N) is 2. The molecular weight excluding hydrogens is 533 g/mol. The van der Waals surface area contributed by atoms with Crippen molar-refractivity contribution in [1.82, 2.24) is 10.3 Å². The number of benzene rings is 2. The van der Waals surface area contributed by atoms with E-state index in [-0.39, 0.29) is 17.9 Å². The predicted molar refractivity (Wildman–Crippen MR) is 131 cm³/mol. The number of hydrogen-bond donors (Lipinski definition) is 2. The molecule has 2 N–H and O–H groups in total. The zero-order valence-corrected chi connectivity index (χ0v) is 20.6. The minimum atomic E-state index is -4.74. The summed E-state index contributed by atoms with van der Waals surface area (Å²) < 4.78 is 67.4. The summed E-state index contributed by atoms with van der Waals surface area (Å²) in [6, 6.07) is 9.86. The first kappa shape index (κ1) is 26.4. The van der Waals surface area contributed by atoms with E-state index in [1.807, 2.05) is 0 Å². The topological polar surface area (TPSA) is 108 Å². The molecule has 0 fully saturated rings. The third-order valence-electron chi connectivity index (χ3n) is 5.65. The number of carbonyl (C=O) groups excluding carboxylic acids is 2. The first-order valence-electron chi connectivity index (χ1n) is 10.9. The first-order chi connectivity index (χ1) is 17.5. The lowest BCUT2D eigenvalue weighted by Crippen LogP contribution is -2.52. The third kappa shape index (κ3) is 5.70. The molecule has 1 unspecified atom stereocenters. The van der Waals surface area contributed by atoms with Crippen LogP contribution in [0.4, 0.5) is 24.5 Å². The lowest BCUT2D eigenvalue weighted by molar-refractivity contribution is -0.137. The van der Waals surface area contributed by atoms with Crippen molar-refractivity contribution in [2.24, 2.45) is 0 Å². The maximum atomic E-state index is 13.7. The maximum absolute atomic E-state index is 13.7. The summed E-state index contributed by atoms with van der Waals surface area (Å²) in [5.74, 6) is -1.36. The second kappa shape index (κ2) is 10.4. The predicted octanol–water partition coefficient (Wildman–Crippen LogP) is 4.02. The van der Waals surface area contributed by atoms with Gasteiger partial charge < -0.3 is 10.6 Å². The SMILES string of the molecule is O=C(CC1C(=O)Nc2ccccc2N1S(=O)(=O)c1ccc(C(F)(F)F)cc1Cl)NCCc1ccncc1. The van der Waals surface area contributed by atoms with Crippen molar-refractivity contribution in [3.63, 3.8) is 0 Å². The molecule has 37 heavy (non-hydrogen) atoms. The van der Waals surface area contributed by atoms with Gasteiger partial charge in [-0.2, -0.15) is 13.2 Å². The van der Waals surface area contributed by atoms with E-state index in [9.17, 15) is 31.2 Å². The van der Waals surface area contributed by atoms with Gasteiger partial charge in [0.05, 0.1) is 28.4 Å². The molecule has 2 aromatic carbocycles. The highest BCUT2D eigenvalue weighted by Gasteiger charge is 2.43. The van der Waals surface area contributed by atoms with Gasteiger partial charge in [0, 0.05) is 18.9 Å². The molecule has 1 aliphatic heterocycles. The molecule has 13 heteroatoms. The average molecular weight is 553 g/mol. The van der Waals surface area contributed by atoms with Crippen LogP contribution >= 0.6 is 11.6 Å². The molecule has 0 bridgehead atoms. The van der Waals surface area contributed by atoms with Crippen LogP contribution in [0.25, 0.3) is 0 Å². The van der Waals surface area contributed by atoms with E-state index in [1.54, 1.807) is 30.6 Å². The summed E-state index contributed by atoms with van der Waals surface area (Å²) in [6.45, 7) is 0.227. The summed E-state index contributed by atoms with van der Waals surface area (Å²) in [4.78, 5) is 29.0. The lowest BCUT2D eigenvalue weighted by Gasteiger charge is -2.36. The van der Waals surface area contributed by atoms with Crippen molar-refractivity contribution in [3.05, 3.63) is 83.1 Å². The first-order valence-corrected chi connectivity index (χ1v) is 12.8. The van der Waals surface area contributed by atoms with Gasteiger partial charge in [-0.15, -0.1) is 0 Å². The van der Waals surface area contributed by atoms with Crippen molar-refractivity contribution in [1.29, 1.82) is 0 Å². The highest BCUT2D eigenvalue weighted by molar-refractivity contribution is 7.93. The molecule has 194 valence electrons. The summed E-state index contributed by atoms with van der Waals surface area (Å²) in [7, 11) is -4.67. The van der Waals surface area contributed by atoms with Gasteiger partial charge in [-0.3, -0.25) is 18.9 Å². The number of hydrogen-bond acceptors (Lipinski definition) is 5. The fourth-order valence-electron chi connectivity index (χ4n) is 3.87. The van der Waals surface area contributed by atoms with Gasteiger partial charge in [-0.1, -0.05) is 23.7 Å². The van der Waals surface area contributed by atoms with E-state index in [2.05, 4.69) is 15.6 Å². The van der Waals surface area contributed by atoms with Crippen LogP contribution in [-0.4, -0.2) is 37.8 Å². The van der Waals surface area contributed by atoms with Crippen molar-refractivity contribution in [3.8, 4) is 0 Å². The number of carbonyl (C=O) groups is 2. The Kier molecular flexibility index (Phi) is 7.42. The van der Waals surface area contributed by atoms with Crippen molar-refractivity contribution in [2.45, 2.75) is 30.0 Å². The quantitative estimate of drug-likeness (QED) is 0.460. The van der Waals surface area contributed by atoms with Gasteiger partial charge in [-0.05, 0) is 54.4 Å². The van der Waals surface area contributed by atoms with Gasteiger partial charge in [0.1, 0.15) is 10.9 Å². The number of para-hydroxylation sites is 2. The molecule has 4 rings (SSSR count). The Morgan fingerprint density at radius 1 is 1.11 bits per heavy atom. The van der Waals surface area contributed by atoms with Gasteiger partial charge in [-0.25, -0.2) is 8.42 Å². The maximum Gasteiger partial charge on any atom is 0.416 e. The number of rotatable bonds is 7. The van der Waals surface area contributed by atoms with Gasteiger partial charge in [0.15, 0.2) is 0 Å². The number of alkyl halides is 3. The summed E-state index contributed by atoms with van der Waals surface area (Å²) >= 11 is 5.99. The van der Waals surface area contributed by atoms with Crippen LogP contribution in [-0.2, 0) is 32.2 Å². The van der Waals surface area contributed by atoms with Crippen LogP contribution in [0.1, 0.15) is 17.5 Å². The Balaban J connectivity index is 1.64. The summed E-state index contributed by atoms with van der Waals surface area (Å²) in [6.07, 6.45) is -1.57. The van der Waals surface area contributed by atoms with E-state index in [4.69, 9.17) is 11.6 Å². The smallest absolute Gasteiger partial charge is 0.356 e. The highest BCUT2D eigenvalue weighted by atomic mass is 35.5. The second-order valence-electron chi connectivity index (χ2n) is 8.13. The lowest BCUT2D eigenvalue weighted by atomic mass is 10.1. The Labute approximate surface area is 215 Å². The molecule has 0 saturated heterocycles. The van der Waals surface area contributed by atoms with E-state index < -0.39 is 56.0 Å². The van der Waals surface area contributed by atoms with Gasteiger partial charge >= 0.3 is 6.18 Å². The van der Waals surface area contributed by atoms with Crippen molar-refractivity contribution < 1.29 is 31.2 Å². The number of fused-ring (bicyclic) bond motifs is 1. The zero-order chi connectivity index (χ0) is 26.8. The summed E-state index contributed by atoms with van der Waals surface area (Å²) in [5.41, 5.74) is 0.000235. The standard InChI is InChI=1S/C24H20ClF3N4O4S/c25-17-13-16(24(26,27)28)5-6-21(17)37(35,36)32-19-4-2-1-3-18(19)31-23(34)20(32)14-22(33)30-12-9-15-7-10-29-11-8-15/h1-8,10-11,13,20H,9,12,14H2,(H,30,33)(H,31,34). The molecule has 1 aliphatic rings. The minimum absolute atomic E-state index is 0.0488. The van der Waals surface area contributed by atoms with Crippen LogP contribution in [0.15, 0.2) is 71.9 Å². The van der Waals surface area contributed by atoms with Crippen LogP contribution in [0, 0.1) is 0 Å². The number of aromatic nitrogens is 1. The molecule has 1 aromatic heterocycles. The minimum Gasteiger partial charge on any atom is -0.356 e. The third-order valence-corrected chi connectivity index (χ3v) is 7.95. The zero-order valence-electron chi connectivity index (χ0n) is 19.0. The number of amides is 2. The van der Waals surface area contributed by atoms with E-state index >= 15 is 0 Å². The van der Waals surface area contributed by atoms with Crippen LogP contribution < -0.4 is 14.9 Å². The Morgan fingerprint density at radius 2 is 1.81 bits per heavy atom. The Bertz CT molecular complexity index is 1440. The molecule has 2 heterocycles. The number of sulfonamides is 1. The number of anilines is 2. The monoisotopic (exact) mass is 552 g/mol. The molecular formula is C24H20ClF3N4O4S. The molecule has 0 spiro atoms. The largest absolute Gasteiger partial charge is 0.416 e. The van der Waals surface area contributed by atoms with E-state index in [1.165, 1.54) is 18.2 Å². The highest BCUT2D eigenvalue weighted by Crippen LogP contribution is 2.40. The van der Waals surface area contributed by atoms with Crippen molar-refractivity contribution >= 4 is 44.8 Å². The molecule has 3 aromatic rings. The second-order valence-corrected chi connectivity index (χ2v) is 10.3. The number of nitrogens with one attached hydrogen (secondary N) is 2. The van der Waals surface area contributed by atoms with E-state index in [0.29, 0.717) is 18.6 Å². The number of halogens is 4. The molecule has 1 atom stereocenters. The van der Waals surface area contributed by atoms with Crippen LogP contribution in [0.2, 0.25) is 5.02 Å². The molecule has 0 saturated carbocycles. The molecule has 2 amide bonds. The van der Waals surface area contributed by atoms with Gasteiger partial charge in [0.25, 0.3) is 10.0 Å². The van der Waals surface area contributed by atoms with Crippen LogP contribution in [0.3, 0.4) is 0 Å². The fraction of sp³-hybridized carbons (Fsp3) is 0.208. The normalized spacial score (nSPS) is 15.6. The Morgan fingerprint density at radius 3 is 2.49 bits per heavy atom. The van der Waals surface area contributed by atoms with Crippen molar-refractivity contribution in [2.75, 3.05) is 16.2 Å².